The van der Waals surface area contributed by atoms with Gasteiger partial charge >= 0.3 is 17.7 Å². The Labute approximate surface area is 257 Å². The number of fused-ring (bicyclic) bond motifs is 2. The van der Waals surface area contributed by atoms with Crippen LogP contribution in [0.15, 0.2) is 81.9 Å². The maximum Gasteiger partial charge on any atom is 0.352 e. The Morgan fingerprint density at radius 2 is 1.89 bits per heavy atom. The van der Waals surface area contributed by atoms with Crippen LogP contribution >= 0.6 is 23.5 Å². The number of hydrogen-bond acceptors (Lipinski definition) is 9. The average Bonchev–Trinajstić information content (AvgIpc) is 3.67. The van der Waals surface area contributed by atoms with E-state index in [2.05, 4.69) is 31.0 Å². The van der Waals surface area contributed by atoms with E-state index >= 15 is 0 Å². The van der Waals surface area contributed by atoms with Gasteiger partial charge in [0.1, 0.15) is 28.2 Å². The molecule has 0 bridgehead atoms. The van der Waals surface area contributed by atoms with Gasteiger partial charge in [-0.15, -0.1) is 16.9 Å². The number of imidazole rings is 1. The summed E-state index contributed by atoms with van der Waals surface area (Å²) in [6.45, 7) is 1.92. The maximum atomic E-state index is 13.7. The summed E-state index contributed by atoms with van der Waals surface area (Å²) in [6, 6.07) is 12.0. The zero-order chi connectivity index (χ0) is 31.0. The molecule has 44 heavy (non-hydrogen) atoms. The topological polar surface area (TPSA) is 195 Å². The molecule has 1 fully saturated rings. The van der Waals surface area contributed by atoms with Crippen LogP contribution in [0.5, 0.6) is 0 Å². The Morgan fingerprint density at radius 3 is 2.59 bits per heavy atom. The number of H-pyrrole nitrogens is 2. The molecule has 4 atom stereocenters. The van der Waals surface area contributed by atoms with Gasteiger partial charge in [0.2, 0.25) is 5.91 Å². The van der Waals surface area contributed by atoms with Gasteiger partial charge in [-0.2, -0.15) is 0 Å². The molecule has 0 spiro atoms. The number of rotatable bonds is 9. The molecule has 226 valence electrons. The van der Waals surface area contributed by atoms with Crippen LogP contribution in [0.4, 0.5) is 4.79 Å². The first-order chi connectivity index (χ1) is 21.3. The molecule has 14 nitrogen and oxygen atoms in total. The molecule has 0 radical (unpaired) electrons. The first kappa shape index (κ1) is 29.3. The Bertz CT molecular complexity index is 1840. The van der Waals surface area contributed by atoms with Crippen molar-refractivity contribution in [2.45, 2.75) is 41.1 Å². The van der Waals surface area contributed by atoms with Crippen molar-refractivity contribution >= 4 is 58.4 Å². The molecule has 0 aliphatic carbocycles. The van der Waals surface area contributed by atoms with Crippen LogP contribution in [0.1, 0.15) is 24.9 Å². The van der Waals surface area contributed by atoms with Gasteiger partial charge < -0.3 is 20.7 Å². The number of β-lactam (4-membered cyclic amide) rings is 1. The summed E-state index contributed by atoms with van der Waals surface area (Å²) >= 11 is 2.73. The van der Waals surface area contributed by atoms with E-state index in [0.717, 1.165) is 4.57 Å². The van der Waals surface area contributed by atoms with Crippen molar-refractivity contribution in [3.63, 3.8) is 0 Å². The molecule has 5 N–H and O–H groups in total. The van der Waals surface area contributed by atoms with E-state index in [9.17, 15) is 29.1 Å². The predicted octanol–water partition coefficient (Wildman–Crippen LogP) is 2.06. The Morgan fingerprint density at radius 1 is 1.14 bits per heavy atom. The molecule has 2 aromatic heterocycles. The summed E-state index contributed by atoms with van der Waals surface area (Å²) in [5.74, 6) is -2.16. The number of nitrogens with one attached hydrogen (secondary N) is 4. The summed E-state index contributed by atoms with van der Waals surface area (Å²) in [5.41, 5.74) is 1.04. The smallest absolute Gasteiger partial charge is 0.352 e. The molecule has 4 aromatic rings. The minimum Gasteiger partial charge on any atom is -0.477 e. The van der Waals surface area contributed by atoms with Crippen LogP contribution in [0, 0.1) is 0 Å². The van der Waals surface area contributed by atoms with Crippen LogP contribution in [-0.2, 0) is 14.4 Å². The fourth-order valence-electron chi connectivity index (χ4n) is 5.32. The highest BCUT2D eigenvalue weighted by Crippen LogP contribution is 2.44. The number of carbonyl (C=O) groups excluding carboxylic acids is 3. The molecular weight excluding hydrogens is 608 g/mol. The second-order valence-electron chi connectivity index (χ2n) is 9.99. The van der Waals surface area contributed by atoms with E-state index < -0.39 is 47.0 Å². The molecule has 0 saturated carbocycles. The van der Waals surface area contributed by atoms with Gasteiger partial charge in [-0.05, 0) is 29.7 Å². The van der Waals surface area contributed by atoms with Crippen LogP contribution in [0.2, 0.25) is 0 Å². The second kappa shape index (κ2) is 12.0. The lowest BCUT2D eigenvalue weighted by atomic mass is 9.99. The third-order valence-corrected chi connectivity index (χ3v) is 10.0. The third-order valence-electron chi connectivity index (χ3n) is 7.38. The lowest BCUT2D eigenvalue weighted by Gasteiger charge is -2.50. The zero-order valence-electron chi connectivity index (χ0n) is 23.1. The maximum absolute atomic E-state index is 13.7. The van der Waals surface area contributed by atoms with Crippen LogP contribution in [0.25, 0.3) is 11.0 Å². The van der Waals surface area contributed by atoms with Crippen LogP contribution in [0.3, 0.4) is 0 Å². The van der Waals surface area contributed by atoms with Crippen molar-refractivity contribution in [1.29, 1.82) is 0 Å². The number of carboxylic acids is 1. The zero-order valence-corrected chi connectivity index (χ0v) is 24.7. The van der Waals surface area contributed by atoms with Crippen molar-refractivity contribution in [1.82, 2.24) is 40.5 Å². The quantitative estimate of drug-likeness (QED) is 0.134. The molecule has 4 heterocycles. The van der Waals surface area contributed by atoms with Crippen LogP contribution in [-0.4, -0.2) is 81.2 Å². The first-order valence-corrected chi connectivity index (χ1v) is 15.5. The number of aromatic amines is 2. The Hall–Kier alpha value is -4.83. The summed E-state index contributed by atoms with van der Waals surface area (Å²) in [4.78, 5) is 69.3. The van der Waals surface area contributed by atoms with Crippen LogP contribution < -0.4 is 16.3 Å². The number of para-hydroxylation sites is 2. The first-order valence-electron chi connectivity index (χ1n) is 13.6. The second-order valence-corrected chi connectivity index (χ2v) is 12.3. The number of benzene rings is 2. The molecule has 6 rings (SSSR count). The van der Waals surface area contributed by atoms with Gasteiger partial charge in [0.05, 0.1) is 17.2 Å². The lowest BCUT2D eigenvalue weighted by molar-refractivity contribution is -0.151. The number of amides is 3. The molecular formula is C28H26N8O6S2. The Balaban J connectivity index is 1.24. The molecule has 2 aliphatic rings. The number of carboxylic acid groups (broad SMARTS) is 1. The summed E-state index contributed by atoms with van der Waals surface area (Å²) < 4.78 is 0.902. The summed E-state index contributed by atoms with van der Waals surface area (Å²) in [7, 11) is 0. The molecule has 3 amide bonds. The highest BCUT2D eigenvalue weighted by molar-refractivity contribution is 8.01. The van der Waals surface area contributed by atoms with Crippen molar-refractivity contribution in [3.05, 3.63) is 88.1 Å². The largest absolute Gasteiger partial charge is 0.477 e. The van der Waals surface area contributed by atoms with E-state index in [4.69, 9.17) is 0 Å². The molecule has 3 unspecified atom stereocenters. The van der Waals surface area contributed by atoms with Crippen molar-refractivity contribution < 1.29 is 24.3 Å². The van der Waals surface area contributed by atoms with E-state index in [-0.39, 0.29) is 10.9 Å². The van der Waals surface area contributed by atoms with E-state index in [0.29, 0.717) is 39.4 Å². The van der Waals surface area contributed by atoms with Gasteiger partial charge in [-0.3, -0.25) is 19.6 Å². The van der Waals surface area contributed by atoms with Crippen molar-refractivity contribution in [3.8, 4) is 0 Å². The van der Waals surface area contributed by atoms with Gasteiger partial charge in [0.15, 0.2) is 0 Å². The van der Waals surface area contributed by atoms with E-state index in [1.165, 1.54) is 28.4 Å². The number of aliphatic carboxylic acids is 1. The van der Waals surface area contributed by atoms with Crippen molar-refractivity contribution in [2.24, 2.45) is 0 Å². The summed E-state index contributed by atoms with van der Waals surface area (Å²) in [5, 5.41) is 25.5. The highest BCUT2D eigenvalue weighted by Gasteiger charge is 2.55. The molecule has 2 aromatic carbocycles. The minimum atomic E-state index is -1.26. The number of aromatic nitrogens is 5. The summed E-state index contributed by atoms with van der Waals surface area (Å²) in [6.07, 6.45) is 2.14. The highest BCUT2D eigenvalue weighted by atomic mass is 32.2. The molecule has 1 saturated heterocycles. The number of nitrogens with zero attached hydrogens (tertiary/aromatic N) is 4. The Kier molecular flexibility index (Phi) is 8.01. The van der Waals surface area contributed by atoms with E-state index in [1.54, 1.807) is 60.8 Å². The fourth-order valence-corrected chi connectivity index (χ4v) is 7.86. The molecule has 2 aliphatic heterocycles. The third kappa shape index (κ3) is 5.26. The number of hydrogen-bond donors (Lipinski definition) is 5. The van der Waals surface area contributed by atoms with Gasteiger partial charge in [0, 0.05) is 11.0 Å². The average molecular weight is 635 g/mol. The number of thioether (sulfide) groups is 2. The van der Waals surface area contributed by atoms with Crippen molar-refractivity contribution in [2.75, 3.05) is 5.75 Å². The normalized spacial score (nSPS) is 19.2. The SMILES string of the molecule is CCC(Sc1cnn[nH]1)C1=C(C(=O)O)N2C(=O)C(NC(=O)C(NC(=O)n3c(=O)[nH]c4ccccc43)c3ccccc3)[C@@H]2SC1. The fraction of sp³-hybridized carbons (Fsp3) is 0.250. The lowest BCUT2D eigenvalue weighted by Crippen LogP contribution is -2.71. The van der Waals surface area contributed by atoms with E-state index in [1.807, 2.05) is 6.92 Å². The van der Waals surface area contributed by atoms with Gasteiger partial charge in [-0.25, -0.2) is 19.0 Å². The van der Waals surface area contributed by atoms with Gasteiger partial charge in [-0.1, -0.05) is 66.4 Å². The molecule has 16 heteroatoms. The predicted molar refractivity (Wildman–Crippen MR) is 162 cm³/mol. The monoisotopic (exact) mass is 634 g/mol. The number of carbonyl (C=O) groups is 4. The standard InChI is InChI=1S/C28H26N8O6S2/c1-2-18(44-19-12-29-34-33-19)15-13-43-25-21(24(38)36(25)22(15)26(39)40)31-23(37)20(14-8-4-3-5-9-14)32-28(42)35-17-11-7-6-10-16(17)30-27(35)41/h3-12,18,20-21,25H,2,13H2,1H3,(H,30,41)(H,31,37)(H,32,42)(H,39,40)(H,29,33,34)/t18?,20?,21?,25-/m0/s1. The minimum absolute atomic E-state index is 0.0947. The van der Waals surface area contributed by atoms with Gasteiger partial charge in [0.25, 0.3) is 5.91 Å².